The third kappa shape index (κ3) is 9.12. The molecule has 12 heteroatoms. The number of nitrogens with zero attached hydrogens (tertiary/aromatic N) is 1. The highest BCUT2D eigenvalue weighted by Crippen LogP contribution is 2.22. The number of fused-ring (bicyclic) bond motifs is 1. The number of hydrogen-bond acceptors (Lipinski definition) is 7. The van der Waals surface area contributed by atoms with Crippen LogP contribution in [0.4, 0.5) is 4.79 Å². The Morgan fingerprint density at radius 3 is 2.36 bits per heavy atom. The van der Waals surface area contributed by atoms with Gasteiger partial charge in [-0.05, 0) is 31.6 Å². The maximum absolute atomic E-state index is 13.4. The Bertz CT molecular complexity index is 831. The van der Waals surface area contributed by atoms with Crippen LogP contribution in [-0.2, 0) is 28.7 Å². The fraction of sp³-hybridized carbons (Fsp3) is 0.750. The Labute approximate surface area is 210 Å². The lowest BCUT2D eigenvalue weighted by Crippen LogP contribution is -2.56. The van der Waals surface area contributed by atoms with E-state index in [1.54, 1.807) is 0 Å². The fourth-order valence-corrected chi connectivity index (χ4v) is 4.35. The number of aliphatic carboxylic acids is 1. The first kappa shape index (κ1) is 29.1. The molecule has 0 spiro atoms. The molecule has 0 aromatic carbocycles. The molecule has 0 aromatic rings. The van der Waals surface area contributed by atoms with E-state index in [2.05, 4.69) is 10.6 Å². The molecule has 1 unspecified atom stereocenters. The second kappa shape index (κ2) is 14.4. The monoisotopic (exact) mass is 510 g/mol. The largest absolute Gasteiger partial charge is 0.480 e. The van der Waals surface area contributed by atoms with Gasteiger partial charge in [-0.1, -0.05) is 46.0 Å². The molecular weight excluding hydrogens is 472 g/mol. The summed E-state index contributed by atoms with van der Waals surface area (Å²) in [5.41, 5.74) is 0. The number of Topliss-reactive ketones (excluding diaryl/α,β-unsaturated/α-hetero) is 1. The van der Waals surface area contributed by atoms with Crippen LogP contribution in [0.25, 0.3) is 0 Å². The van der Waals surface area contributed by atoms with Crippen molar-refractivity contribution in [3.63, 3.8) is 0 Å². The summed E-state index contributed by atoms with van der Waals surface area (Å²) in [7, 11) is 0. The summed E-state index contributed by atoms with van der Waals surface area (Å²) in [5, 5.41) is 16.1. The highest BCUT2D eigenvalue weighted by molar-refractivity contribution is 6.38. The number of nitrogens with one attached hydrogen (secondary N) is 3. The van der Waals surface area contributed by atoms with E-state index in [0.717, 1.165) is 19.3 Å². The van der Waals surface area contributed by atoms with Crippen LogP contribution in [0, 0.1) is 5.92 Å². The van der Waals surface area contributed by atoms with Gasteiger partial charge in [-0.2, -0.15) is 0 Å². The molecule has 2 heterocycles. The van der Waals surface area contributed by atoms with Crippen molar-refractivity contribution in [2.75, 3.05) is 19.7 Å². The van der Waals surface area contributed by atoms with Crippen LogP contribution in [0.15, 0.2) is 0 Å². The predicted octanol–water partition coefficient (Wildman–Crippen LogP) is 0.727. The van der Waals surface area contributed by atoms with Crippen LogP contribution >= 0.6 is 0 Å². The first-order valence-electron chi connectivity index (χ1n) is 12.7. The summed E-state index contributed by atoms with van der Waals surface area (Å²) in [6, 6.07) is -2.79. The van der Waals surface area contributed by atoms with Crippen molar-refractivity contribution >= 4 is 35.6 Å². The molecule has 2 aliphatic heterocycles. The van der Waals surface area contributed by atoms with Crippen molar-refractivity contribution in [1.82, 2.24) is 20.9 Å². The second-order valence-corrected chi connectivity index (χ2v) is 9.73. The van der Waals surface area contributed by atoms with Crippen molar-refractivity contribution in [2.24, 2.45) is 5.92 Å². The number of carbonyl (C=O) groups is 6. The van der Waals surface area contributed by atoms with Crippen molar-refractivity contribution in [1.29, 1.82) is 0 Å². The lowest BCUT2D eigenvalue weighted by molar-refractivity contribution is -0.144. The predicted molar refractivity (Wildman–Crippen MR) is 128 cm³/mol. The van der Waals surface area contributed by atoms with E-state index < -0.39 is 54.3 Å². The maximum atomic E-state index is 13.4. The average molecular weight is 511 g/mol. The van der Waals surface area contributed by atoms with Gasteiger partial charge in [0.2, 0.25) is 17.6 Å². The van der Waals surface area contributed by atoms with E-state index in [4.69, 9.17) is 9.84 Å². The molecule has 36 heavy (non-hydrogen) atoms. The summed E-state index contributed by atoms with van der Waals surface area (Å²) >= 11 is 0. The van der Waals surface area contributed by atoms with Gasteiger partial charge in [-0.3, -0.25) is 24.0 Å². The minimum absolute atomic E-state index is 0.143. The lowest BCUT2D eigenvalue weighted by Gasteiger charge is -2.30. The molecular formula is C24H38N4O8. The zero-order valence-corrected chi connectivity index (χ0v) is 21.0. The molecule has 0 saturated carbocycles. The van der Waals surface area contributed by atoms with E-state index in [1.807, 2.05) is 19.2 Å². The smallest absolute Gasteiger partial charge is 0.407 e. The van der Waals surface area contributed by atoms with Crippen molar-refractivity contribution in [3.05, 3.63) is 0 Å². The zero-order valence-electron chi connectivity index (χ0n) is 21.0. The molecule has 2 rings (SSSR count). The van der Waals surface area contributed by atoms with Crippen molar-refractivity contribution in [2.45, 2.75) is 89.8 Å². The molecule has 4 N–H and O–H groups in total. The van der Waals surface area contributed by atoms with E-state index in [1.165, 1.54) is 4.90 Å². The van der Waals surface area contributed by atoms with Gasteiger partial charge in [0.1, 0.15) is 18.6 Å². The number of ketones is 1. The molecule has 2 aliphatic rings. The Morgan fingerprint density at radius 1 is 1.03 bits per heavy atom. The Morgan fingerprint density at radius 2 is 1.69 bits per heavy atom. The summed E-state index contributed by atoms with van der Waals surface area (Å²) < 4.78 is 5.18. The summed E-state index contributed by atoms with van der Waals surface area (Å²) in [6.07, 6.45) is 4.56. The highest BCUT2D eigenvalue weighted by atomic mass is 16.5. The molecule has 3 atom stereocenters. The number of rotatable bonds is 7. The molecule has 2 saturated heterocycles. The van der Waals surface area contributed by atoms with Gasteiger partial charge in [0.05, 0.1) is 12.6 Å². The van der Waals surface area contributed by atoms with Gasteiger partial charge < -0.3 is 30.7 Å². The number of carboxylic acid groups (broad SMARTS) is 1. The maximum Gasteiger partial charge on any atom is 0.407 e. The van der Waals surface area contributed by atoms with Crippen molar-refractivity contribution < 1.29 is 38.6 Å². The van der Waals surface area contributed by atoms with E-state index in [9.17, 15) is 28.8 Å². The average Bonchev–Trinajstić information content (AvgIpc) is 3.32. The van der Waals surface area contributed by atoms with Crippen molar-refractivity contribution in [3.8, 4) is 0 Å². The standard InChI is InChI=1S/C24H38N4O8/c1-15(2)14-36-24(35)27-17-10-7-5-3-4-6-9-16(20(31)22(33)25-13-19(29)30)26-21(32)18-11-8-12-28(18)23(17)34/h15-18H,3-14H2,1-2H3,(H,25,33)(H,26,32)(H,27,35)(H,29,30)/t16?,17-,18+/m1/s1. The van der Waals surface area contributed by atoms with Crippen LogP contribution in [0.1, 0.15) is 71.6 Å². The normalized spacial score (nSPS) is 23.8. The van der Waals surface area contributed by atoms with Crippen LogP contribution < -0.4 is 16.0 Å². The van der Waals surface area contributed by atoms with Crippen LogP contribution in [0.5, 0.6) is 0 Å². The minimum atomic E-state index is -1.29. The molecule has 0 aliphatic carbocycles. The Kier molecular flexibility index (Phi) is 11.6. The van der Waals surface area contributed by atoms with Crippen LogP contribution in [0.3, 0.4) is 0 Å². The first-order chi connectivity index (χ1) is 17.1. The van der Waals surface area contributed by atoms with Gasteiger partial charge >= 0.3 is 12.1 Å². The SMILES string of the molecule is CC(C)COC(=O)N[C@@H]1CCCCCCCC(C(=O)C(=O)NCC(=O)O)NC(=O)[C@@H]2CCCN2C1=O. The Hall–Kier alpha value is -3.18. The molecule has 0 aromatic heterocycles. The van der Waals surface area contributed by atoms with Gasteiger partial charge in [-0.25, -0.2) is 4.79 Å². The summed E-state index contributed by atoms with van der Waals surface area (Å²) in [6.45, 7) is 3.65. The van der Waals surface area contributed by atoms with Gasteiger partial charge in [0, 0.05) is 6.54 Å². The van der Waals surface area contributed by atoms with E-state index in [0.29, 0.717) is 38.6 Å². The first-order valence-corrected chi connectivity index (χ1v) is 12.7. The van der Waals surface area contributed by atoms with Crippen LogP contribution in [0.2, 0.25) is 0 Å². The molecule has 0 bridgehead atoms. The molecule has 12 nitrogen and oxygen atoms in total. The van der Waals surface area contributed by atoms with Gasteiger partial charge in [0.15, 0.2) is 0 Å². The Balaban J connectivity index is 2.16. The molecule has 4 amide bonds. The highest BCUT2D eigenvalue weighted by Gasteiger charge is 2.39. The molecule has 202 valence electrons. The lowest BCUT2D eigenvalue weighted by atomic mass is 9.99. The van der Waals surface area contributed by atoms with E-state index >= 15 is 0 Å². The summed E-state index contributed by atoms with van der Waals surface area (Å²) in [4.78, 5) is 75.7. The number of carbonyl (C=O) groups excluding carboxylic acids is 5. The van der Waals surface area contributed by atoms with E-state index in [-0.39, 0.29) is 24.9 Å². The topological polar surface area (TPSA) is 171 Å². The number of alkyl carbamates (subject to hydrolysis) is 1. The number of carboxylic acids is 1. The fourth-order valence-electron chi connectivity index (χ4n) is 4.35. The zero-order chi connectivity index (χ0) is 26.7. The quantitative estimate of drug-likeness (QED) is 0.363. The molecule has 2 fully saturated rings. The van der Waals surface area contributed by atoms with Crippen LogP contribution in [-0.4, -0.2) is 83.4 Å². The third-order valence-electron chi connectivity index (χ3n) is 6.22. The summed E-state index contributed by atoms with van der Waals surface area (Å²) in [5.74, 6) is -4.07. The third-order valence-corrected chi connectivity index (χ3v) is 6.22. The number of hydrogen-bond donors (Lipinski definition) is 4. The second-order valence-electron chi connectivity index (χ2n) is 9.73. The van der Waals surface area contributed by atoms with Gasteiger partial charge in [-0.15, -0.1) is 0 Å². The minimum Gasteiger partial charge on any atom is -0.480 e. The van der Waals surface area contributed by atoms with Gasteiger partial charge in [0.25, 0.3) is 5.91 Å². The number of ether oxygens (including phenoxy) is 1. The molecule has 0 radical (unpaired) electrons. The number of amides is 4.